The van der Waals surface area contributed by atoms with Crippen molar-refractivity contribution in [2.45, 2.75) is 45.3 Å². The van der Waals surface area contributed by atoms with Gasteiger partial charge in [0.2, 0.25) is 5.95 Å². The van der Waals surface area contributed by atoms with Gasteiger partial charge in [0.1, 0.15) is 11.0 Å². The second-order valence-corrected chi connectivity index (χ2v) is 11.1. The number of pyridine rings is 1. The molecule has 1 atom stereocenters. The summed E-state index contributed by atoms with van der Waals surface area (Å²) in [6.07, 6.45) is 5.65. The normalized spacial score (nSPS) is 19.6. The minimum Gasteiger partial charge on any atom is -0.384 e. The minimum atomic E-state index is -1.02. The van der Waals surface area contributed by atoms with E-state index in [-0.39, 0.29) is 12.1 Å². The lowest BCUT2D eigenvalue weighted by atomic mass is 9.84. The van der Waals surface area contributed by atoms with Crippen LogP contribution >= 0.6 is 0 Å². The van der Waals surface area contributed by atoms with Crippen LogP contribution in [-0.4, -0.2) is 67.5 Å². The van der Waals surface area contributed by atoms with E-state index in [2.05, 4.69) is 52.8 Å². The smallest absolute Gasteiger partial charge is 0.278 e. The van der Waals surface area contributed by atoms with Crippen molar-refractivity contribution in [1.82, 2.24) is 29.2 Å². The molecule has 0 radical (unpaired) electrons. The van der Waals surface area contributed by atoms with E-state index < -0.39 is 5.60 Å². The highest BCUT2D eigenvalue weighted by atomic mass is 16.3. The summed E-state index contributed by atoms with van der Waals surface area (Å²) in [4.78, 5) is 32.2. The number of likely N-dealkylation sites (N-methyl/N-ethyl adjacent to an activating group) is 1. The van der Waals surface area contributed by atoms with Crippen LogP contribution < -0.4 is 15.8 Å². The molecule has 4 heterocycles. The van der Waals surface area contributed by atoms with Crippen LogP contribution in [0.25, 0.3) is 16.9 Å². The number of allylic oxidation sites excluding steroid dienone is 1. The first-order chi connectivity index (χ1) is 19.2. The van der Waals surface area contributed by atoms with E-state index in [1.807, 2.05) is 18.2 Å². The highest BCUT2D eigenvalue weighted by Crippen LogP contribution is 2.34. The molecule has 1 fully saturated rings. The number of nitrogens with zero attached hydrogens (tertiary/aromatic N) is 7. The SMILES string of the molecule is C=CCn1c(=O)c2cnc(Nc3ccc(N4CCN(C)CC4)c(C)c3)nc2n1-c1ccc2c(n1)C(C)(O)CCC2. The average molecular weight is 541 g/mol. The van der Waals surface area contributed by atoms with Crippen LogP contribution in [0.5, 0.6) is 0 Å². The van der Waals surface area contributed by atoms with E-state index in [4.69, 9.17) is 9.97 Å². The number of rotatable bonds is 6. The highest BCUT2D eigenvalue weighted by Gasteiger charge is 2.32. The summed E-state index contributed by atoms with van der Waals surface area (Å²) in [5, 5.41) is 14.7. The van der Waals surface area contributed by atoms with Gasteiger partial charge in [-0.05, 0) is 75.5 Å². The third-order valence-corrected chi connectivity index (χ3v) is 8.08. The lowest BCUT2D eigenvalue weighted by Crippen LogP contribution is -2.44. The van der Waals surface area contributed by atoms with Crippen LogP contribution in [0.15, 0.2) is 54.0 Å². The monoisotopic (exact) mass is 540 g/mol. The second kappa shape index (κ2) is 10.2. The van der Waals surface area contributed by atoms with Crippen LogP contribution in [0.3, 0.4) is 0 Å². The van der Waals surface area contributed by atoms with Gasteiger partial charge in [0.15, 0.2) is 11.5 Å². The summed E-state index contributed by atoms with van der Waals surface area (Å²) in [5.74, 6) is 0.903. The Bertz CT molecular complexity index is 1650. The highest BCUT2D eigenvalue weighted by molar-refractivity contribution is 5.77. The Labute approximate surface area is 233 Å². The molecule has 10 heteroatoms. The second-order valence-electron chi connectivity index (χ2n) is 11.1. The minimum absolute atomic E-state index is 0.222. The van der Waals surface area contributed by atoms with Crippen molar-refractivity contribution in [2.24, 2.45) is 0 Å². The Balaban J connectivity index is 1.38. The van der Waals surface area contributed by atoms with Gasteiger partial charge in [-0.3, -0.25) is 4.79 Å². The molecular formula is C30H36N8O2. The first-order valence-electron chi connectivity index (χ1n) is 13.9. The lowest BCUT2D eigenvalue weighted by Gasteiger charge is -2.35. The molecule has 0 amide bonds. The zero-order valence-corrected chi connectivity index (χ0v) is 23.4. The first-order valence-corrected chi connectivity index (χ1v) is 13.9. The van der Waals surface area contributed by atoms with Gasteiger partial charge < -0.3 is 20.2 Å². The molecule has 0 saturated carbocycles. The van der Waals surface area contributed by atoms with E-state index in [9.17, 15) is 9.90 Å². The number of hydrogen-bond donors (Lipinski definition) is 2. The Morgan fingerprint density at radius 2 is 1.95 bits per heavy atom. The van der Waals surface area contributed by atoms with Crippen molar-refractivity contribution >= 4 is 28.4 Å². The van der Waals surface area contributed by atoms with Crippen molar-refractivity contribution in [3.8, 4) is 5.82 Å². The van der Waals surface area contributed by atoms with Crippen molar-refractivity contribution in [3.63, 3.8) is 0 Å². The summed E-state index contributed by atoms with van der Waals surface area (Å²) in [5.41, 5.74) is 4.16. The van der Waals surface area contributed by atoms with Gasteiger partial charge in [0.25, 0.3) is 5.56 Å². The zero-order valence-electron chi connectivity index (χ0n) is 23.4. The Morgan fingerprint density at radius 1 is 1.15 bits per heavy atom. The predicted molar refractivity (Wildman–Crippen MR) is 158 cm³/mol. The first kappa shape index (κ1) is 26.2. The van der Waals surface area contributed by atoms with E-state index in [0.717, 1.165) is 50.3 Å². The van der Waals surface area contributed by atoms with Crippen LogP contribution in [0.1, 0.15) is 36.6 Å². The van der Waals surface area contributed by atoms with Crippen molar-refractivity contribution in [2.75, 3.05) is 43.4 Å². The molecule has 1 aliphatic heterocycles. The van der Waals surface area contributed by atoms with Crippen LogP contribution in [0.2, 0.25) is 0 Å². The molecule has 2 aliphatic rings. The topological polar surface area (TPSA) is 104 Å². The van der Waals surface area contributed by atoms with Gasteiger partial charge in [-0.2, -0.15) is 4.98 Å². The maximum absolute atomic E-state index is 13.4. The number of nitrogens with one attached hydrogen (secondary N) is 1. The standard InChI is InChI=1S/C30H36N8O2/c1-5-13-37-28(39)23-19-31-29(32-22-9-10-24(20(2)18-22)36-16-14-35(4)15-17-36)34-27(23)38(37)25-11-8-21-7-6-12-30(3,40)26(21)33-25/h5,8-11,18-19,40H,1,6-7,12-17H2,2-4H3,(H,31,32,34). The molecule has 40 heavy (non-hydrogen) atoms. The number of aryl methyl sites for hydroxylation is 2. The number of fused-ring (bicyclic) bond motifs is 2. The third kappa shape index (κ3) is 4.67. The molecule has 1 unspecified atom stereocenters. The van der Waals surface area contributed by atoms with Gasteiger partial charge >= 0.3 is 0 Å². The third-order valence-electron chi connectivity index (χ3n) is 8.08. The predicted octanol–water partition coefficient (Wildman–Crippen LogP) is 3.51. The van der Waals surface area contributed by atoms with E-state index in [0.29, 0.717) is 34.9 Å². The van der Waals surface area contributed by atoms with Gasteiger partial charge in [-0.1, -0.05) is 12.1 Å². The van der Waals surface area contributed by atoms with Crippen molar-refractivity contribution < 1.29 is 5.11 Å². The van der Waals surface area contributed by atoms with Crippen molar-refractivity contribution in [1.29, 1.82) is 0 Å². The summed E-state index contributed by atoms with van der Waals surface area (Å²) in [7, 11) is 2.16. The summed E-state index contributed by atoms with van der Waals surface area (Å²) >= 11 is 0. The number of aromatic nitrogens is 5. The fourth-order valence-electron chi connectivity index (χ4n) is 5.88. The van der Waals surface area contributed by atoms with E-state index in [1.54, 1.807) is 28.6 Å². The largest absolute Gasteiger partial charge is 0.384 e. The maximum atomic E-state index is 13.4. The lowest BCUT2D eigenvalue weighted by molar-refractivity contribution is 0.0339. The fourth-order valence-corrected chi connectivity index (χ4v) is 5.88. The van der Waals surface area contributed by atoms with Gasteiger partial charge in [-0.25, -0.2) is 19.3 Å². The Morgan fingerprint density at radius 3 is 2.70 bits per heavy atom. The quantitative estimate of drug-likeness (QED) is 0.358. The van der Waals surface area contributed by atoms with E-state index >= 15 is 0 Å². The van der Waals surface area contributed by atoms with Crippen LogP contribution in [0.4, 0.5) is 17.3 Å². The molecule has 10 nitrogen and oxygen atoms in total. The fraction of sp³-hybridized carbons (Fsp3) is 0.400. The van der Waals surface area contributed by atoms with Crippen LogP contribution in [-0.2, 0) is 18.6 Å². The molecular weight excluding hydrogens is 504 g/mol. The summed E-state index contributed by atoms with van der Waals surface area (Å²) in [6.45, 7) is 12.2. The molecule has 1 aliphatic carbocycles. The zero-order chi connectivity index (χ0) is 28.0. The molecule has 3 aromatic heterocycles. The van der Waals surface area contributed by atoms with E-state index in [1.165, 1.54) is 11.3 Å². The Hall–Kier alpha value is -4.02. The molecule has 208 valence electrons. The number of anilines is 3. The molecule has 6 rings (SSSR count). The number of benzene rings is 1. The molecule has 1 saturated heterocycles. The Kier molecular flexibility index (Phi) is 6.67. The van der Waals surface area contributed by atoms with Gasteiger partial charge in [0.05, 0.1) is 12.2 Å². The number of piperazine rings is 1. The molecule has 0 spiro atoms. The van der Waals surface area contributed by atoms with Gasteiger partial charge in [-0.15, -0.1) is 6.58 Å². The van der Waals surface area contributed by atoms with Crippen LogP contribution in [0, 0.1) is 6.92 Å². The molecule has 4 aromatic rings. The summed E-state index contributed by atoms with van der Waals surface area (Å²) in [6, 6.07) is 10.2. The maximum Gasteiger partial charge on any atom is 0.278 e. The van der Waals surface area contributed by atoms with Crippen molar-refractivity contribution in [3.05, 3.63) is 76.4 Å². The molecule has 2 N–H and O–H groups in total. The number of hydrogen-bond acceptors (Lipinski definition) is 8. The average Bonchev–Trinajstić information content (AvgIpc) is 3.20. The van der Waals surface area contributed by atoms with Gasteiger partial charge in [0, 0.05) is 43.8 Å². The number of aliphatic hydroxyl groups is 1. The summed E-state index contributed by atoms with van der Waals surface area (Å²) < 4.78 is 3.26. The molecule has 0 bridgehead atoms. The molecule has 1 aromatic carbocycles.